The van der Waals surface area contributed by atoms with E-state index >= 15 is 0 Å². The molecule has 2 aliphatic rings. The highest BCUT2D eigenvalue weighted by atomic mass is 16.5. The van der Waals surface area contributed by atoms with E-state index in [4.69, 9.17) is 4.74 Å². The fourth-order valence-corrected chi connectivity index (χ4v) is 4.15. The van der Waals surface area contributed by atoms with Crippen molar-refractivity contribution in [2.24, 2.45) is 7.05 Å². The molecule has 6 nitrogen and oxygen atoms in total. The molecule has 0 radical (unpaired) electrons. The molecule has 136 valence electrons. The van der Waals surface area contributed by atoms with Crippen molar-refractivity contribution in [2.45, 2.75) is 31.8 Å². The zero-order chi connectivity index (χ0) is 17.1. The Kier molecular flexibility index (Phi) is 5.20. The third kappa shape index (κ3) is 4.14. The Morgan fingerprint density at radius 2 is 2.08 bits per heavy atom. The smallest absolute Gasteiger partial charge is 0.0594 e. The zero-order valence-corrected chi connectivity index (χ0v) is 15.2. The molecule has 4 rings (SSSR count). The summed E-state index contributed by atoms with van der Waals surface area (Å²) < 4.78 is 7.60. The lowest BCUT2D eigenvalue weighted by atomic mass is 9.92. The van der Waals surface area contributed by atoms with Gasteiger partial charge in [0.25, 0.3) is 0 Å². The molecule has 2 saturated heterocycles. The van der Waals surface area contributed by atoms with E-state index in [1.54, 1.807) is 0 Å². The van der Waals surface area contributed by atoms with E-state index in [0.717, 1.165) is 45.9 Å². The molecule has 0 bridgehead atoms. The molecular weight excluding hydrogens is 314 g/mol. The average Bonchev–Trinajstić information content (AvgIpc) is 3.25. The monoisotopic (exact) mass is 343 g/mol. The summed E-state index contributed by atoms with van der Waals surface area (Å²) in [6.07, 6.45) is 8.90. The van der Waals surface area contributed by atoms with Crippen LogP contribution in [0.2, 0.25) is 0 Å². The molecule has 0 amide bonds. The Morgan fingerprint density at radius 3 is 2.88 bits per heavy atom. The van der Waals surface area contributed by atoms with Crippen LogP contribution in [-0.4, -0.2) is 64.0 Å². The molecule has 2 fully saturated rings. The average molecular weight is 343 g/mol. The van der Waals surface area contributed by atoms with Gasteiger partial charge in [0.1, 0.15) is 0 Å². The van der Waals surface area contributed by atoms with Crippen LogP contribution in [0.25, 0.3) is 0 Å². The Labute approximate surface area is 149 Å². The molecule has 0 aromatic carbocycles. The molecule has 0 aliphatic carbocycles. The van der Waals surface area contributed by atoms with Gasteiger partial charge >= 0.3 is 0 Å². The summed E-state index contributed by atoms with van der Waals surface area (Å²) in [6, 6.07) is 2.23. The summed E-state index contributed by atoms with van der Waals surface area (Å²) in [6.45, 7) is 8.09. The highest BCUT2D eigenvalue weighted by molar-refractivity contribution is 5.22. The molecule has 25 heavy (non-hydrogen) atoms. The molecular formula is C19H29N5O. The number of nitrogens with zero attached hydrogens (tertiary/aromatic N) is 4. The second kappa shape index (κ2) is 7.72. The van der Waals surface area contributed by atoms with Gasteiger partial charge in [-0.05, 0) is 31.0 Å². The molecule has 6 heteroatoms. The van der Waals surface area contributed by atoms with Gasteiger partial charge in [0.15, 0.2) is 0 Å². The highest BCUT2D eigenvalue weighted by Crippen LogP contribution is 2.29. The van der Waals surface area contributed by atoms with E-state index < -0.39 is 0 Å². The Hall–Kier alpha value is -1.63. The van der Waals surface area contributed by atoms with Crippen molar-refractivity contribution in [1.82, 2.24) is 24.6 Å². The van der Waals surface area contributed by atoms with Crippen LogP contribution in [0, 0.1) is 0 Å². The van der Waals surface area contributed by atoms with Gasteiger partial charge in [-0.25, -0.2) is 0 Å². The van der Waals surface area contributed by atoms with Crippen LogP contribution in [0.15, 0.2) is 24.7 Å². The van der Waals surface area contributed by atoms with E-state index in [0.29, 0.717) is 5.92 Å². The first-order valence-corrected chi connectivity index (χ1v) is 9.43. The number of piperidine rings is 1. The number of ether oxygens (including phenoxy) is 1. The van der Waals surface area contributed by atoms with E-state index in [-0.39, 0.29) is 0 Å². The van der Waals surface area contributed by atoms with Crippen LogP contribution in [0.1, 0.15) is 35.6 Å². The van der Waals surface area contributed by atoms with Crippen molar-refractivity contribution in [3.63, 3.8) is 0 Å². The third-order valence-electron chi connectivity index (χ3n) is 5.46. The van der Waals surface area contributed by atoms with Crippen molar-refractivity contribution in [2.75, 3.05) is 39.4 Å². The molecule has 1 N–H and O–H groups in total. The first-order valence-electron chi connectivity index (χ1n) is 9.43. The van der Waals surface area contributed by atoms with Gasteiger partial charge in [-0.15, -0.1) is 0 Å². The number of aromatic amines is 1. The summed E-state index contributed by atoms with van der Waals surface area (Å²) in [5.41, 5.74) is 4.12. The van der Waals surface area contributed by atoms with Gasteiger partial charge in [-0.1, -0.05) is 0 Å². The van der Waals surface area contributed by atoms with E-state index in [1.165, 1.54) is 36.2 Å². The van der Waals surface area contributed by atoms with E-state index in [1.807, 2.05) is 6.20 Å². The number of morpholine rings is 1. The third-order valence-corrected chi connectivity index (χ3v) is 5.46. The van der Waals surface area contributed by atoms with Gasteiger partial charge < -0.3 is 9.30 Å². The number of aromatic nitrogens is 3. The lowest BCUT2D eigenvalue weighted by Gasteiger charge is -2.33. The van der Waals surface area contributed by atoms with E-state index in [9.17, 15) is 0 Å². The largest absolute Gasteiger partial charge is 0.379 e. The molecule has 2 aliphatic heterocycles. The van der Waals surface area contributed by atoms with Crippen LogP contribution in [0.4, 0.5) is 0 Å². The predicted molar refractivity (Wildman–Crippen MR) is 97.3 cm³/mol. The fraction of sp³-hybridized carbons (Fsp3) is 0.632. The second-order valence-electron chi connectivity index (χ2n) is 7.46. The maximum atomic E-state index is 5.46. The molecule has 0 unspecified atom stereocenters. The number of rotatable bonds is 5. The summed E-state index contributed by atoms with van der Waals surface area (Å²) >= 11 is 0. The number of H-pyrrole nitrogens is 1. The summed E-state index contributed by atoms with van der Waals surface area (Å²) in [4.78, 5) is 5.06. The van der Waals surface area contributed by atoms with Crippen molar-refractivity contribution in [1.29, 1.82) is 0 Å². The minimum Gasteiger partial charge on any atom is -0.379 e. The van der Waals surface area contributed by atoms with Crippen molar-refractivity contribution < 1.29 is 4.74 Å². The fourth-order valence-electron chi connectivity index (χ4n) is 4.15. The van der Waals surface area contributed by atoms with Crippen molar-refractivity contribution >= 4 is 0 Å². The number of hydrogen-bond donors (Lipinski definition) is 1. The Balaban J connectivity index is 1.40. The lowest BCUT2D eigenvalue weighted by molar-refractivity contribution is 0.0339. The summed E-state index contributed by atoms with van der Waals surface area (Å²) in [5, 5.41) is 7.69. The number of aryl methyl sites for hydroxylation is 1. The van der Waals surface area contributed by atoms with Crippen LogP contribution in [0.5, 0.6) is 0 Å². The first-order chi connectivity index (χ1) is 12.3. The van der Waals surface area contributed by atoms with Gasteiger partial charge in [0.2, 0.25) is 0 Å². The highest BCUT2D eigenvalue weighted by Gasteiger charge is 2.25. The van der Waals surface area contributed by atoms with Gasteiger partial charge in [0, 0.05) is 69.3 Å². The standard InChI is InChI=1S/C19H29N5O/c1-22-6-4-16(12-22)13-24-5-2-3-17(14-24)19-18(11-20-21-19)15-23-7-9-25-10-8-23/h4,6,11-12,17H,2-3,5,7-10,13-15H2,1H3,(H,20,21)/t17-/m0/s1. The van der Waals surface area contributed by atoms with Crippen LogP contribution in [0.3, 0.4) is 0 Å². The SMILES string of the molecule is Cn1ccc(CN2CCC[C@H](c3[nH]ncc3CN3CCOCC3)C2)c1. The van der Waals surface area contributed by atoms with Crippen molar-refractivity contribution in [3.05, 3.63) is 41.5 Å². The summed E-state index contributed by atoms with van der Waals surface area (Å²) in [5.74, 6) is 0.566. The molecule has 2 aromatic heterocycles. The predicted octanol–water partition coefficient (Wildman–Crippen LogP) is 1.96. The van der Waals surface area contributed by atoms with Crippen LogP contribution >= 0.6 is 0 Å². The first kappa shape index (κ1) is 16.8. The van der Waals surface area contributed by atoms with Gasteiger partial charge in [-0.2, -0.15) is 5.10 Å². The lowest BCUT2D eigenvalue weighted by Crippen LogP contribution is -2.37. The molecule has 0 saturated carbocycles. The maximum absolute atomic E-state index is 5.46. The topological polar surface area (TPSA) is 49.3 Å². The molecule has 0 spiro atoms. The summed E-state index contributed by atoms with van der Waals surface area (Å²) in [7, 11) is 2.09. The minimum absolute atomic E-state index is 0.566. The van der Waals surface area contributed by atoms with Crippen LogP contribution < -0.4 is 0 Å². The molecule has 2 aromatic rings. The zero-order valence-electron chi connectivity index (χ0n) is 15.2. The minimum atomic E-state index is 0.566. The quantitative estimate of drug-likeness (QED) is 0.902. The maximum Gasteiger partial charge on any atom is 0.0594 e. The Bertz CT molecular complexity index is 673. The van der Waals surface area contributed by atoms with Gasteiger partial charge in [0.05, 0.1) is 19.4 Å². The van der Waals surface area contributed by atoms with Crippen molar-refractivity contribution in [3.8, 4) is 0 Å². The van der Waals surface area contributed by atoms with Gasteiger partial charge in [-0.3, -0.25) is 14.9 Å². The molecule has 1 atom stereocenters. The second-order valence-corrected chi connectivity index (χ2v) is 7.46. The normalized spacial score (nSPS) is 23.2. The number of hydrogen-bond acceptors (Lipinski definition) is 4. The van der Waals surface area contributed by atoms with Crippen LogP contribution in [-0.2, 0) is 24.9 Å². The number of likely N-dealkylation sites (tertiary alicyclic amines) is 1. The molecule has 4 heterocycles. The van der Waals surface area contributed by atoms with E-state index in [2.05, 4.69) is 50.1 Å². The number of nitrogens with one attached hydrogen (secondary N) is 1. The Morgan fingerprint density at radius 1 is 1.20 bits per heavy atom.